The van der Waals surface area contributed by atoms with Gasteiger partial charge in [0.1, 0.15) is 5.15 Å². The van der Waals surface area contributed by atoms with Crippen LogP contribution in [0.2, 0.25) is 5.15 Å². The standard InChI is InChI=1S/C18H13ClN2O2/c1-12-6-9-17(21(22)23)14(10-12)7-8-15-11-13-4-2-3-5-16(13)20-18(15)19/h2-11H,1H3. The third kappa shape index (κ3) is 3.22. The molecule has 0 amide bonds. The normalized spacial score (nSPS) is 11.2. The van der Waals surface area contributed by atoms with Crippen molar-refractivity contribution in [2.45, 2.75) is 6.92 Å². The zero-order valence-electron chi connectivity index (χ0n) is 12.4. The fraction of sp³-hybridized carbons (Fsp3) is 0.0556. The molecule has 0 N–H and O–H groups in total. The summed E-state index contributed by atoms with van der Waals surface area (Å²) in [4.78, 5) is 15.1. The second-order valence-electron chi connectivity index (χ2n) is 5.21. The van der Waals surface area contributed by atoms with Gasteiger partial charge in [0, 0.05) is 17.0 Å². The molecule has 0 aliphatic carbocycles. The lowest BCUT2D eigenvalue weighted by molar-refractivity contribution is -0.385. The molecule has 114 valence electrons. The second-order valence-corrected chi connectivity index (χ2v) is 5.57. The zero-order chi connectivity index (χ0) is 16.4. The first-order chi connectivity index (χ1) is 11.0. The lowest BCUT2D eigenvalue weighted by Gasteiger charge is -2.03. The average Bonchev–Trinajstić information content (AvgIpc) is 2.52. The Morgan fingerprint density at radius 2 is 1.83 bits per heavy atom. The van der Waals surface area contributed by atoms with Gasteiger partial charge in [-0.1, -0.05) is 47.5 Å². The molecule has 4 nitrogen and oxygen atoms in total. The highest BCUT2D eigenvalue weighted by atomic mass is 35.5. The Bertz CT molecular complexity index is 935. The predicted molar refractivity (Wildman–Crippen MR) is 93.5 cm³/mol. The molecule has 0 aliphatic heterocycles. The number of nitrogens with zero attached hydrogens (tertiary/aromatic N) is 2. The molecule has 5 heteroatoms. The van der Waals surface area contributed by atoms with E-state index in [1.54, 1.807) is 24.3 Å². The number of benzene rings is 2. The van der Waals surface area contributed by atoms with Gasteiger partial charge < -0.3 is 0 Å². The molecule has 1 heterocycles. The minimum atomic E-state index is -0.390. The van der Waals surface area contributed by atoms with Gasteiger partial charge in [-0.25, -0.2) is 4.98 Å². The third-order valence-corrected chi connectivity index (χ3v) is 3.83. The minimum Gasteiger partial charge on any atom is -0.258 e. The van der Waals surface area contributed by atoms with Crippen LogP contribution in [0.1, 0.15) is 16.7 Å². The lowest BCUT2D eigenvalue weighted by Crippen LogP contribution is -1.92. The van der Waals surface area contributed by atoms with Gasteiger partial charge in [-0.05, 0) is 31.2 Å². The molecule has 0 radical (unpaired) electrons. The molecule has 0 fully saturated rings. The highest BCUT2D eigenvalue weighted by molar-refractivity contribution is 6.31. The zero-order valence-corrected chi connectivity index (χ0v) is 13.1. The van der Waals surface area contributed by atoms with Crippen molar-refractivity contribution in [1.82, 2.24) is 4.98 Å². The van der Waals surface area contributed by atoms with Gasteiger partial charge in [-0.2, -0.15) is 0 Å². The SMILES string of the molecule is Cc1ccc([N+](=O)[O-])c(C=Cc2cc3ccccc3nc2Cl)c1. The van der Waals surface area contributed by atoms with Crippen molar-refractivity contribution in [2.24, 2.45) is 0 Å². The Morgan fingerprint density at radius 3 is 2.61 bits per heavy atom. The number of pyridine rings is 1. The summed E-state index contributed by atoms with van der Waals surface area (Å²) in [6.07, 6.45) is 3.45. The van der Waals surface area contributed by atoms with E-state index in [0.717, 1.165) is 22.0 Å². The number of nitro benzene ring substituents is 1. The predicted octanol–water partition coefficient (Wildman–Crippen LogP) is 5.28. The number of rotatable bonds is 3. The number of nitro groups is 1. The Hall–Kier alpha value is -2.72. The van der Waals surface area contributed by atoms with Crippen LogP contribution in [0.4, 0.5) is 5.69 Å². The van der Waals surface area contributed by atoms with Crippen molar-refractivity contribution in [3.63, 3.8) is 0 Å². The third-order valence-electron chi connectivity index (χ3n) is 3.53. The summed E-state index contributed by atoms with van der Waals surface area (Å²) in [5.41, 5.74) is 3.10. The van der Waals surface area contributed by atoms with Gasteiger partial charge in [0.05, 0.1) is 16.0 Å². The molecule has 0 aliphatic rings. The molecule has 23 heavy (non-hydrogen) atoms. The molecule has 0 saturated carbocycles. The van der Waals surface area contributed by atoms with Crippen molar-refractivity contribution in [1.29, 1.82) is 0 Å². The summed E-state index contributed by atoms with van der Waals surface area (Å²) in [6, 6.07) is 14.6. The number of halogens is 1. The van der Waals surface area contributed by atoms with Crippen molar-refractivity contribution in [3.05, 3.63) is 80.5 Å². The van der Waals surface area contributed by atoms with Crippen LogP contribution in [-0.2, 0) is 0 Å². The fourth-order valence-electron chi connectivity index (χ4n) is 2.38. The maximum Gasteiger partial charge on any atom is 0.276 e. The maximum atomic E-state index is 11.1. The summed E-state index contributed by atoms with van der Waals surface area (Å²) in [5.74, 6) is 0. The fourth-order valence-corrected chi connectivity index (χ4v) is 2.59. The number of hydrogen-bond donors (Lipinski definition) is 0. The van der Waals surface area contributed by atoms with Gasteiger partial charge in [0.15, 0.2) is 0 Å². The van der Waals surface area contributed by atoms with E-state index >= 15 is 0 Å². The lowest BCUT2D eigenvalue weighted by atomic mass is 10.1. The summed E-state index contributed by atoms with van der Waals surface area (Å²) in [7, 11) is 0. The first kappa shape index (κ1) is 15.2. The van der Waals surface area contributed by atoms with Crippen molar-refractivity contribution in [2.75, 3.05) is 0 Å². The van der Waals surface area contributed by atoms with E-state index in [1.807, 2.05) is 37.3 Å². The average molecular weight is 325 g/mol. The number of para-hydroxylation sites is 1. The first-order valence-corrected chi connectivity index (χ1v) is 7.41. The van der Waals surface area contributed by atoms with Crippen LogP contribution in [-0.4, -0.2) is 9.91 Å². The Labute approximate surface area is 138 Å². The number of aryl methyl sites for hydroxylation is 1. The first-order valence-electron chi connectivity index (χ1n) is 7.03. The van der Waals surface area contributed by atoms with Gasteiger partial charge in [0.2, 0.25) is 0 Å². The van der Waals surface area contributed by atoms with Crippen LogP contribution in [0, 0.1) is 17.0 Å². The summed E-state index contributed by atoms with van der Waals surface area (Å²) in [5, 5.41) is 12.5. The quantitative estimate of drug-likeness (QED) is 0.374. The monoisotopic (exact) mass is 324 g/mol. The largest absolute Gasteiger partial charge is 0.276 e. The van der Waals surface area contributed by atoms with Gasteiger partial charge in [-0.15, -0.1) is 0 Å². The molecule has 0 spiro atoms. The van der Waals surface area contributed by atoms with Crippen LogP contribution in [0.25, 0.3) is 23.1 Å². The Morgan fingerprint density at radius 1 is 1.09 bits per heavy atom. The van der Waals surface area contributed by atoms with E-state index in [1.165, 1.54) is 6.07 Å². The summed E-state index contributed by atoms with van der Waals surface area (Å²) >= 11 is 6.21. The molecular weight excluding hydrogens is 312 g/mol. The topological polar surface area (TPSA) is 56.0 Å². The van der Waals surface area contributed by atoms with Gasteiger partial charge in [-0.3, -0.25) is 10.1 Å². The molecule has 0 bridgehead atoms. The minimum absolute atomic E-state index is 0.0664. The highest BCUT2D eigenvalue weighted by Gasteiger charge is 2.11. The van der Waals surface area contributed by atoms with Crippen LogP contribution < -0.4 is 0 Å². The van der Waals surface area contributed by atoms with Crippen molar-refractivity contribution in [3.8, 4) is 0 Å². The van der Waals surface area contributed by atoms with E-state index < -0.39 is 0 Å². The van der Waals surface area contributed by atoms with Crippen LogP contribution in [0.3, 0.4) is 0 Å². The Balaban J connectivity index is 2.05. The molecule has 1 aromatic heterocycles. The number of hydrogen-bond acceptors (Lipinski definition) is 3. The molecular formula is C18H13ClN2O2. The summed E-state index contributed by atoms with van der Waals surface area (Å²) in [6.45, 7) is 1.89. The van der Waals surface area contributed by atoms with E-state index in [9.17, 15) is 10.1 Å². The molecule has 0 saturated heterocycles. The Kier molecular flexibility index (Phi) is 4.08. The highest BCUT2D eigenvalue weighted by Crippen LogP contribution is 2.25. The maximum absolute atomic E-state index is 11.1. The van der Waals surface area contributed by atoms with Crippen LogP contribution in [0.15, 0.2) is 48.5 Å². The summed E-state index contributed by atoms with van der Waals surface area (Å²) < 4.78 is 0. The second kappa shape index (κ2) is 6.18. The molecule has 0 unspecified atom stereocenters. The molecule has 3 rings (SSSR count). The van der Waals surface area contributed by atoms with Crippen LogP contribution >= 0.6 is 11.6 Å². The van der Waals surface area contributed by atoms with Crippen molar-refractivity contribution >= 4 is 40.3 Å². The van der Waals surface area contributed by atoms with E-state index in [-0.39, 0.29) is 10.6 Å². The molecule has 3 aromatic rings. The smallest absolute Gasteiger partial charge is 0.258 e. The molecule has 2 aromatic carbocycles. The van der Waals surface area contributed by atoms with E-state index in [4.69, 9.17) is 11.6 Å². The number of fused-ring (bicyclic) bond motifs is 1. The van der Waals surface area contributed by atoms with Crippen molar-refractivity contribution < 1.29 is 4.92 Å². The van der Waals surface area contributed by atoms with Gasteiger partial charge >= 0.3 is 0 Å². The van der Waals surface area contributed by atoms with E-state index in [2.05, 4.69) is 4.98 Å². The van der Waals surface area contributed by atoms with Crippen LogP contribution in [0.5, 0.6) is 0 Å². The number of aromatic nitrogens is 1. The van der Waals surface area contributed by atoms with E-state index in [0.29, 0.717) is 10.7 Å². The molecule has 0 atom stereocenters. The van der Waals surface area contributed by atoms with Gasteiger partial charge in [0.25, 0.3) is 5.69 Å².